The third-order valence-electron chi connectivity index (χ3n) is 3.01. The van der Waals surface area contributed by atoms with E-state index in [1.165, 1.54) is 18.2 Å². The van der Waals surface area contributed by atoms with Crippen LogP contribution >= 0.6 is 11.6 Å². The van der Waals surface area contributed by atoms with Crippen LogP contribution in [-0.4, -0.2) is 33.4 Å². The van der Waals surface area contributed by atoms with Crippen LogP contribution in [0, 0.1) is 5.82 Å². The highest BCUT2D eigenvalue weighted by Gasteiger charge is 2.20. The van der Waals surface area contributed by atoms with E-state index in [9.17, 15) is 22.4 Å². The molecule has 1 amide bonds. The van der Waals surface area contributed by atoms with Crippen LogP contribution in [0.15, 0.2) is 53.4 Å². The maximum atomic E-state index is 13.5. The highest BCUT2D eigenvalue weighted by atomic mass is 35.5. The van der Waals surface area contributed by atoms with Crippen molar-refractivity contribution in [2.24, 2.45) is 0 Å². The lowest BCUT2D eigenvalue weighted by Gasteiger charge is -2.08. The maximum Gasteiger partial charge on any atom is 0.321 e. The lowest BCUT2D eigenvalue weighted by Crippen LogP contribution is -2.32. The summed E-state index contributed by atoms with van der Waals surface area (Å²) in [5.41, 5.74) is 0.416. The largest absolute Gasteiger partial charge is 0.455 e. The van der Waals surface area contributed by atoms with Crippen molar-refractivity contribution in [3.8, 4) is 0 Å². The molecule has 0 fully saturated rings. The lowest BCUT2D eigenvalue weighted by molar-refractivity contribution is -0.146. The number of benzene rings is 2. The highest BCUT2D eigenvalue weighted by molar-refractivity contribution is 7.89. The van der Waals surface area contributed by atoms with Gasteiger partial charge >= 0.3 is 5.97 Å². The molecule has 0 heterocycles. The predicted molar refractivity (Wildman–Crippen MR) is 92.6 cm³/mol. The minimum absolute atomic E-state index is 0.416. The van der Waals surface area contributed by atoms with Gasteiger partial charge in [0, 0.05) is 10.7 Å². The summed E-state index contributed by atoms with van der Waals surface area (Å²) in [6.07, 6.45) is 0. The second kappa shape index (κ2) is 8.75. The smallest absolute Gasteiger partial charge is 0.321 e. The molecular formula is C16H14ClFN2O5S. The molecular weight excluding hydrogens is 387 g/mol. The van der Waals surface area contributed by atoms with Gasteiger partial charge in [0.1, 0.15) is 17.3 Å². The maximum absolute atomic E-state index is 13.5. The SMILES string of the molecule is O=C(COC(=O)CNS(=O)(=O)c1ccccc1F)Nc1cccc(Cl)c1. The molecule has 2 aromatic carbocycles. The van der Waals surface area contributed by atoms with Gasteiger partial charge in [-0.3, -0.25) is 9.59 Å². The summed E-state index contributed by atoms with van der Waals surface area (Å²) in [6.45, 7) is -1.37. The Morgan fingerprint density at radius 3 is 2.54 bits per heavy atom. The van der Waals surface area contributed by atoms with E-state index < -0.39 is 45.8 Å². The Labute approximate surface area is 154 Å². The zero-order chi connectivity index (χ0) is 19.2. The molecule has 0 saturated carbocycles. The quantitative estimate of drug-likeness (QED) is 0.691. The van der Waals surface area contributed by atoms with Gasteiger partial charge < -0.3 is 10.1 Å². The molecule has 0 aliphatic carbocycles. The fourth-order valence-electron chi connectivity index (χ4n) is 1.85. The normalized spacial score (nSPS) is 11.0. The fraction of sp³-hybridized carbons (Fsp3) is 0.125. The van der Waals surface area contributed by atoms with Crippen molar-refractivity contribution in [1.82, 2.24) is 4.72 Å². The summed E-state index contributed by atoms with van der Waals surface area (Å²) in [4.78, 5) is 22.7. The molecule has 0 aliphatic heterocycles. The van der Waals surface area contributed by atoms with Gasteiger partial charge in [0.2, 0.25) is 10.0 Å². The number of nitrogens with one attached hydrogen (secondary N) is 2. The van der Waals surface area contributed by atoms with Gasteiger partial charge in [0.25, 0.3) is 5.91 Å². The second-order valence-corrected chi connectivity index (χ2v) is 7.15. The summed E-state index contributed by atoms with van der Waals surface area (Å²) in [7, 11) is -4.22. The molecule has 26 heavy (non-hydrogen) atoms. The Hall–Kier alpha value is -2.49. The van der Waals surface area contributed by atoms with Crippen molar-refractivity contribution in [3.63, 3.8) is 0 Å². The Morgan fingerprint density at radius 1 is 1.12 bits per heavy atom. The molecule has 0 aliphatic rings. The van der Waals surface area contributed by atoms with Gasteiger partial charge in [-0.05, 0) is 30.3 Å². The van der Waals surface area contributed by atoms with E-state index in [0.29, 0.717) is 10.7 Å². The zero-order valence-electron chi connectivity index (χ0n) is 13.2. The summed E-state index contributed by atoms with van der Waals surface area (Å²) in [6, 6.07) is 11.1. The second-order valence-electron chi connectivity index (χ2n) is 4.97. The number of carbonyl (C=O) groups is 2. The van der Waals surface area contributed by atoms with E-state index in [2.05, 4.69) is 10.1 Å². The number of rotatable bonds is 7. The van der Waals surface area contributed by atoms with Gasteiger partial charge in [-0.25, -0.2) is 12.8 Å². The van der Waals surface area contributed by atoms with Crippen LogP contribution in [-0.2, 0) is 24.3 Å². The van der Waals surface area contributed by atoms with E-state index in [0.717, 1.165) is 12.1 Å². The third kappa shape index (κ3) is 5.80. The first kappa shape index (κ1) is 19.8. The molecule has 0 saturated heterocycles. The first-order valence-electron chi connectivity index (χ1n) is 7.23. The molecule has 0 unspecified atom stereocenters. The van der Waals surface area contributed by atoms with Gasteiger partial charge in [0.15, 0.2) is 6.61 Å². The third-order valence-corrected chi connectivity index (χ3v) is 4.67. The number of ether oxygens (including phenoxy) is 1. The van der Waals surface area contributed by atoms with Crippen LogP contribution in [0.3, 0.4) is 0 Å². The van der Waals surface area contributed by atoms with Crippen LogP contribution in [0.4, 0.5) is 10.1 Å². The number of sulfonamides is 1. The van der Waals surface area contributed by atoms with Crippen LogP contribution < -0.4 is 10.0 Å². The Morgan fingerprint density at radius 2 is 1.85 bits per heavy atom. The predicted octanol–water partition coefficient (Wildman–Crippen LogP) is 1.94. The van der Waals surface area contributed by atoms with E-state index >= 15 is 0 Å². The molecule has 10 heteroatoms. The first-order chi connectivity index (χ1) is 12.3. The molecule has 138 valence electrons. The van der Waals surface area contributed by atoms with E-state index in [4.69, 9.17) is 11.6 Å². The zero-order valence-corrected chi connectivity index (χ0v) is 14.8. The summed E-state index contributed by atoms with van der Waals surface area (Å²) in [5.74, 6) is -2.57. The molecule has 0 atom stereocenters. The number of anilines is 1. The van der Waals surface area contributed by atoms with E-state index in [1.807, 2.05) is 4.72 Å². The molecule has 0 spiro atoms. The molecule has 0 aromatic heterocycles. The molecule has 2 rings (SSSR count). The minimum atomic E-state index is -4.22. The number of halogens is 2. The Bertz CT molecular complexity index is 920. The number of hydrogen-bond donors (Lipinski definition) is 2. The van der Waals surface area contributed by atoms with Gasteiger partial charge in [-0.2, -0.15) is 4.72 Å². The van der Waals surface area contributed by atoms with Gasteiger partial charge in [-0.1, -0.05) is 29.8 Å². The summed E-state index contributed by atoms with van der Waals surface area (Å²) < 4.78 is 43.9. The van der Waals surface area contributed by atoms with Crippen molar-refractivity contribution in [1.29, 1.82) is 0 Å². The van der Waals surface area contributed by atoms with E-state index in [1.54, 1.807) is 18.2 Å². The number of hydrogen-bond acceptors (Lipinski definition) is 5. The van der Waals surface area contributed by atoms with Crippen molar-refractivity contribution in [3.05, 3.63) is 59.4 Å². The monoisotopic (exact) mass is 400 g/mol. The molecule has 7 nitrogen and oxygen atoms in total. The number of amides is 1. The van der Waals surface area contributed by atoms with Crippen LogP contribution in [0.25, 0.3) is 0 Å². The summed E-state index contributed by atoms with van der Waals surface area (Å²) >= 11 is 5.77. The van der Waals surface area contributed by atoms with Crippen LogP contribution in [0.2, 0.25) is 5.02 Å². The average Bonchev–Trinajstić information content (AvgIpc) is 2.58. The average molecular weight is 401 g/mol. The van der Waals surface area contributed by atoms with Gasteiger partial charge in [-0.15, -0.1) is 0 Å². The van der Waals surface area contributed by atoms with Crippen molar-refractivity contribution < 1.29 is 27.1 Å². The fourth-order valence-corrected chi connectivity index (χ4v) is 3.09. The van der Waals surface area contributed by atoms with Crippen LogP contribution in [0.1, 0.15) is 0 Å². The lowest BCUT2D eigenvalue weighted by atomic mass is 10.3. The van der Waals surface area contributed by atoms with Crippen molar-refractivity contribution >= 4 is 39.2 Å². The van der Waals surface area contributed by atoms with Crippen molar-refractivity contribution in [2.75, 3.05) is 18.5 Å². The molecule has 2 N–H and O–H groups in total. The van der Waals surface area contributed by atoms with Gasteiger partial charge in [0.05, 0.1) is 0 Å². The number of carbonyl (C=O) groups excluding carboxylic acids is 2. The number of esters is 1. The van der Waals surface area contributed by atoms with Crippen molar-refractivity contribution in [2.45, 2.75) is 4.90 Å². The Kier molecular flexibility index (Phi) is 6.67. The van der Waals surface area contributed by atoms with E-state index in [-0.39, 0.29) is 0 Å². The minimum Gasteiger partial charge on any atom is -0.455 e. The topological polar surface area (TPSA) is 102 Å². The van der Waals surface area contributed by atoms with Crippen LogP contribution in [0.5, 0.6) is 0 Å². The standard InChI is InChI=1S/C16H14ClFN2O5S/c17-11-4-3-5-12(8-11)20-15(21)10-25-16(22)9-19-26(23,24)14-7-2-1-6-13(14)18/h1-8,19H,9-10H2,(H,20,21). The summed E-state index contributed by atoms with van der Waals surface area (Å²) in [5, 5.41) is 2.87. The molecule has 0 bridgehead atoms. The first-order valence-corrected chi connectivity index (χ1v) is 9.09. The molecule has 2 aromatic rings. The Balaban J connectivity index is 1.82. The molecule has 0 radical (unpaired) electrons. The highest BCUT2D eigenvalue weighted by Crippen LogP contribution is 2.15.